The van der Waals surface area contributed by atoms with Crippen LogP contribution in [0.5, 0.6) is 0 Å². The average molecular weight is 755 g/mol. The highest BCUT2D eigenvalue weighted by molar-refractivity contribution is 6.02. The first-order valence-electron chi connectivity index (χ1n) is 19.9. The van der Waals surface area contributed by atoms with Gasteiger partial charge >= 0.3 is 0 Å². The van der Waals surface area contributed by atoms with E-state index in [9.17, 15) is 0 Å². The molecule has 0 spiro atoms. The fraction of sp³-hybridized carbons (Fsp3) is 0.160. The van der Waals surface area contributed by atoms with E-state index in [1.54, 1.807) is 0 Å². The predicted molar refractivity (Wildman–Crippen MR) is 235 cm³/mol. The summed E-state index contributed by atoms with van der Waals surface area (Å²) in [6.07, 6.45) is 3.67. The smallest absolute Gasteiger partial charge is 0.160 e. The van der Waals surface area contributed by atoms with Crippen LogP contribution in [0.15, 0.2) is 146 Å². The molecule has 0 N–H and O–H groups in total. The number of anilines is 6. The number of fused-ring (bicyclic) bond motifs is 6. The highest BCUT2D eigenvalue weighted by Gasteiger charge is 2.41. The molecule has 0 radical (unpaired) electrons. The quantitative estimate of drug-likeness (QED) is 0.178. The van der Waals surface area contributed by atoms with Crippen LogP contribution in [0.25, 0.3) is 45.1 Å². The van der Waals surface area contributed by atoms with Crippen molar-refractivity contribution in [2.45, 2.75) is 38.5 Å². The third-order valence-corrected chi connectivity index (χ3v) is 12.6. The molecule has 8 heteroatoms. The molecule has 4 aromatic heterocycles. The minimum absolute atomic E-state index is 0.214. The molecule has 11 rings (SSSR count). The maximum Gasteiger partial charge on any atom is 0.160 e. The summed E-state index contributed by atoms with van der Waals surface area (Å²) in [7, 11) is 4.13. The van der Waals surface area contributed by atoms with Crippen LogP contribution in [0.3, 0.4) is 0 Å². The lowest BCUT2D eigenvalue weighted by Gasteiger charge is -2.44. The topological polar surface area (TPSA) is 67.9 Å². The number of hydrogen-bond donors (Lipinski definition) is 0. The Balaban J connectivity index is 1.33. The maximum absolute atomic E-state index is 5.39. The second-order valence-electron chi connectivity index (χ2n) is 16.6. The van der Waals surface area contributed by atoms with E-state index in [2.05, 4.69) is 170 Å². The van der Waals surface area contributed by atoms with Crippen molar-refractivity contribution in [2.24, 2.45) is 14.1 Å². The largest absolute Gasteiger partial charge is 0.312 e. The van der Waals surface area contributed by atoms with Gasteiger partial charge in [0.2, 0.25) is 0 Å². The van der Waals surface area contributed by atoms with Crippen molar-refractivity contribution in [2.75, 3.05) is 9.80 Å². The molecule has 0 fully saturated rings. The number of para-hydroxylation sites is 4. The highest BCUT2D eigenvalue weighted by Crippen LogP contribution is 2.58. The number of imidazole rings is 2. The number of rotatable bonds is 4. The fourth-order valence-corrected chi connectivity index (χ4v) is 9.72. The molecule has 9 aromatic rings. The van der Waals surface area contributed by atoms with E-state index in [0.29, 0.717) is 0 Å². The zero-order valence-corrected chi connectivity index (χ0v) is 33.4. The zero-order valence-electron chi connectivity index (χ0n) is 33.4. The minimum Gasteiger partial charge on any atom is -0.312 e. The third kappa shape index (κ3) is 4.69. The van der Waals surface area contributed by atoms with Gasteiger partial charge in [0.25, 0.3) is 0 Å². The van der Waals surface area contributed by atoms with Gasteiger partial charge in [-0.1, -0.05) is 100 Å². The van der Waals surface area contributed by atoms with Gasteiger partial charge in [0.15, 0.2) is 11.3 Å². The Labute approximate surface area is 337 Å². The Hall–Kier alpha value is -7.06. The number of aromatic nitrogens is 6. The van der Waals surface area contributed by atoms with Gasteiger partial charge in [0.05, 0.1) is 34.0 Å². The van der Waals surface area contributed by atoms with Crippen molar-refractivity contribution in [3.05, 3.63) is 168 Å². The lowest BCUT2D eigenvalue weighted by Crippen LogP contribution is -2.32. The predicted octanol–water partition coefficient (Wildman–Crippen LogP) is 11.8. The SMILES string of the molecule is Cn1c(-c2cc(N3c4ccccc4C(C)(C)c4ccccc43)cc(N3c4ccccc4C(C)(C)c4ccccc43)c2-c2nc3cccnc3n2C)nc2cccnc21. The molecule has 6 heterocycles. The van der Waals surface area contributed by atoms with Gasteiger partial charge < -0.3 is 18.9 Å². The Kier molecular flexibility index (Phi) is 7.21. The van der Waals surface area contributed by atoms with Gasteiger partial charge in [0, 0.05) is 48.6 Å². The second kappa shape index (κ2) is 12.2. The van der Waals surface area contributed by atoms with Crippen LogP contribution in [0.1, 0.15) is 49.9 Å². The van der Waals surface area contributed by atoms with E-state index in [-0.39, 0.29) is 10.8 Å². The standard InChI is InChI=1S/C50H42N8/c1-49(2)33-17-7-11-23-39(33)57(40-24-12-8-18-34(40)49)31-29-32(45-53-37-21-15-27-51-46(37)55(45)5)44(48-54-38-22-16-28-52-47(38)56(48)6)43(30-31)58-41-25-13-9-19-35(41)50(3,4)36-20-10-14-26-42(36)58/h7-30H,1-6H3. The third-order valence-electron chi connectivity index (χ3n) is 12.6. The van der Waals surface area contributed by atoms with E-state index >= 15 is 0 Å². The lowest BCUT2D eigenvalue weighted by molar-refractivity contribution is 0.631. The second-order valence-corrected chi connectivity index (χ2v) is 16.6. The van der Waals surface area contributed by atoms with Gasteiger partial charge in [-0.3, -0.25) is 0 Å². The molecular weight excluding hydrogens is 713 g/mol. The van der Waals surface area contributed by atoms with Crippen molar-refractivity contribution >= 4 is 56.5 Å². The van der Waals surface area contributed by atoms with Crippen molar-refractivity contribution in [3.8, 4) is 22.8 Å². The summed E-state index contributed by atoms with van der Waals surface area (Å²) in [5.74, 6) is 1.59. The number of nitrogens with zero attached hydrogens (tertiary/aromatic N) is 8. The first-order valence-corrected chi connectivity index (χ1v) is 19.9. The van der Waals surface area contributed by atoms with Gasteiger partial charge in [-0.05, 0) is 82.9 Å². The summed E-state index contributed by atoms with van der Waals surface area (Å²) >= 11 is 0. The average Bonchev–Trinajstić information content (AvgIpc) is 3.76. The van der Waals surface area contributed by atoms with Crippen molar-refractivity contribution in [3.63, 3.8) is 0 Å². The number of pyridine rings is 2. The molecule has 0 bridgehead atoms. The summed E-state index contributed by atoms with van der Waals surface area (Å²) in [4.78, 5) is 25.3. The minimum atomic E-state index is -0.245. The van der Waals surface area contributed by atoms with Crippen molar-refractivity contribution in [1.82, 2.24) is 29.1 Å². The number of hydrogen-bond acceptors (Lipinski definition) is 6. The van der Waals surface area contributed by atoms with E-state index in [1.807, 2.05) is 36.7 Å². The Morgan fingerprint density at radius 2 is 0.845 bits per heavy atom. The summed E-state index contributed by atoms with van der Waals surface area (Å²) in [5, 5.41) is 0. The van der Waals surface area contributed by atoms with Crippen LogP contribution in [-0.4, -0.2) is 29.1 Å². The molecule has 0 atom stereocenters. The van der Waals surface area contributed by atoms with Crippen LogP contribution in [0.2, 0.25) is 0 Å². The van der Waals surface area contributed by atoms with Crippen LogP contribution in [0, 0.1) is 0 Å². The van der Waals surface area contributed by atoms with Gasteiger partial charge in [0.1, 0.15) is 22.7 Å². The molecule has 0 amide bonds. The molecule has 0 saturated carbocycles. The lowest BCUT2D eigenvalue weighted by atomic mass is 9.73. The molecular formula is C50H42N8. The Morgan fingerprint density at radius 1 is 0.431 bits per heavy atom. The normalized spacial score (nSPS) is 14.9. The number of benzene rings is 5. The van der Waals surface area contributed by atoms with Crippen LogP contribution in [0.4, 0.5) is 34.1 Å². The van der Waals surface area contributed by atoms with Crippen molar-refractivity contribution in [1.29, 1.82) is 0 Å². The molecule has 2 aliphatic heterocycles. The molecule has 2 aliphatic rings. The maximum atomic E-state index is 5.39. The molecule has 282 valence electrons. The highest BCUT2D eigenvalue weighted by atomic mass is 15.2. The Bertz CT molecular complexity index is 3030. The number of aryl methyl sites for hydroxylation is 2. The first-order chi connectivity index (χ1) is 28.1. The van der Waals surface area contributed by atoms with Crippen LogP contribution >= 0.6 is 0 Å². The van der Waals surface area contributed by atoms with Gasteiger partial charge in [-0.25, -0.2) is 19.9 Å². The van der Waals surface area contributed by atoms with Gasteiger partial charge in [-0.2, -0.15) is 0 Å². The van der Waals surface area contributed by atoms with Crippen LogP contribution in [-0.2, 0) is 24.9 Å². The van der Waals surface area contributed by atoms with E-state index < -0.39 is 0 Å². The molecule has 0 aliphatic carbocycles. The molecule has 8 nitrogen and oxygen atoms in total. The zero-order chi connectivity index (χ0) is 39.5. The van der Waals surface area contributed by atoms with E-state index in [0.717, 1.165) is 79.2 Å². The molecule has 0 saturated heterocycles. The Morgan fingerprint density at radius 3 is 1.31 bits per heavy atom. The monoisotopic (exact) mass is 754 g/mol. The molecule has 0 unspecified atom stereocenters. The van der Waals surface area contributed by atoms with Crippen LogP contribution < -0.4 is 9.80 Å². The summed E-state index contributed by atoms with van der Waals surface area (Å²) in [6.45, 7) is 9.32. The summed E-state index contributed by atoms with van der Waals surface area (Å²) in [6, 6.07) is 48.0. The molecule has 5 aromatic carbocycles. The summed E-state index contributed by atoms with van der Waals surface area (Å²) < 4.78 is 4.24. The summed E-state index contributed by atoms with van der Waals surface area (Å²) in [5.41, 5.74) is 16.3. The fourth-order valence-electron chi connectivity index (χ4n) is 9.72. The van der Waals surface area contributed by atoms with E-state index in [4.69, 9.17) is 19.9 Å². The van der Waals surface area contributed by atoms with E-state index in [1.165, 1.54) is 22.3 Å². The first kappa shape index (κ1) is 34.2. The van der Waals surface area contributed by atoms with Crippen molar-refractivity contribution < 1.29 is 0 Å². The molecule has 58 heavy (non-hydrogen) atoms. The van der Waals surface area contributed by atoms with Gasteiger partial charge in [-0.15, -0.1) is 0 Å².